The summed E-state index contributed by atoms with van der Waals surface area (Å²) in [4.78, 5) is 12.6. The van der Waals surface area contributed by atoms with Crippen LogP contribution in [0.25, 0.3) is 11.0 Å². The van der Waals surface area contributed by atoms with Crippen LogP contribution in [0.1, 0.15) is 27.8 Å². The molecule has 0 fully saturated rings. The number of aryl methyl sites for hydroxylation is 2. The van der Waals surface area contributed by atoms with Gasteiger partial charge < -0.3 is 9.15 Å². The number of rotatable bonds is 5. The van der Waals surface area contributed by atoms with Crippen LogP contribution < -0.4 is 10.4 Å². The van der Waals surface area contributed by atoms with E-state index in [1.54, 1.807) is 12.1 Å². The Morgan fingerprint density at radius 3 is 2.38 bits per heavy atom. The Morgan fingerprint density at radius 2 is 1.66 bits per heavy atom. The summed E-state index contributed by atoms with van der Waals surface area (Å²) in [7, 11) is 0. The van der Waals surface area contributed by atoms with Crippen LogP contribution in [0.5, 0.6) is 5.75 Å². The van der Waals surface area contributed by atoms with Gasteiger partial charge in [-0.25, -0.2) is 9.18 Å². The van der Waals surface area contributed by atoms with E-state index in [1.165, 1.54) is 12.1 Å². The third kappa shape index (κ3) is 4.06. The normalized spacial score (nSPS) is 11.0. The van der Waals surface area contributed by atoms with Gasteiger partial charge in [0.25, 0.3) is 0 Å². The minimum atomic E-state index is -0.325. The quantitative estimate of drug-likeness (QED) is 0.411. The van der Waals surface area contributed by atoms with E-state index in [2.05, 4.69) is 0 Å². The molecule has 0 aliphatic carbocycles. The van der Waals surface area contributed by atoms with Crippen molar-refractivity contribution >= 4 is 11.0 Å². The number of hydrogen-bond donors (Lipinski definition) is 0. The van der Waals surface area contributed by atoms with Crippen LogP contribution in [0.4, 0.5) is 4.39 Å². The molecule has 0 amide bonds. The first-order chi connectivity index (χ1) is 14.0. The molecule has 3 aromatic carbocycles. The van der Waals surface area contributed by atoms with Crippen LogP contribution in [0, 0.1) is 19.7 Å². The second kappa shape index (κ2) is 7.92. The highest BCUT2D eigenvalue weighted by Gasteiger charge is 2.16. The molecule has 0 aliphatic rings. The summed E-state index contributed by atoms with van der Waals surface area (Å²) in [6, 6.07) is 19.8. The molecule has 4 rings (SSSR count). The van der Waals surface area contributed by atoms with Gasteiger partial charge in [0.05, 0.1) is 5.39 Å². The molecule has 0 atom stereocenters. The maximum Gasteiger partial charge on any atom is 0.340 e. The van der Waals surface area contributed by atoms with Crippen molar-refractivity contribution in [1.29, 1.82) is 0 Å². The molecular weight excluding hydrogens is 367 g/mol. The number of halogens is 1. The third-order valence-corrected chi connectivity index (χ3v) is 5.02. The van der Waals surface area contributed by atoms with Gasteiger partial charge >= 0.3 is 5.63 Å². The molecule has 0 radical (unpaired) electrons. The topological polar surface area (TPSA) is 39.4 Å². The van der Waals surface area contributed by atoms with Crippen molar-refractivity contribution in [1.82, 2.24) is 0 Å². The summed E-state index contributed by atoms with van der Waals surface area (Å²) < 4.78 is 24.9. The van der Waals surface area contributed by atoms with Crippen molar-refractivity contribution in [2.45, 2.75) is 26.9 Å². The van der Waals surface area contributed by atoms with Crippen molar-refractivity contribution in [3.8, 4) is 5.75 Å². The van der Waals surface area contributed by atoms with Crippen LogP contribution >= 0.6 is 0 Å². The van der Waals surface area contributed by atoms with Gasteiger partial charge in [0, 0.05) is 12.0 Å². The lowest BCUT2D eigenvalue weighted by atomic mass is 9.98. The van der Waals surface area contributed by atoms with E-state index in [0.717, 1.165) is 27.6 Å². The molecule has 146 valence electrons. The second-order valence-corrected chi connectivity index (χ2v) is 7.21. The Balaban J connectivity index is 1.76. The average Bonchev–Trinajstić information content (AvgIpc) is 2.71. The molecule has 1 heterocycles. The molecule has 3 nitrogen and oxygen atoms in total. The summed E-state index contributed by atoms with van der Waals surface area (Å²) in [6.07, 6.45) is 0.496. The van der Waals surface area contributed by atoms with E-state index < -0.39 is 0 Å². The third-order valence-electron chi connectivity index (χ3n) is 5.02. The van der Waals surface area contributed by atoms with Gasteiger partial charge in [-0.3, -0.25) is 0 Å². The van der Waals surface area contributed by atoms with Crippen LogP contribution in [-0.4, -0.2) is 0 Å². The van der Waals surface area contributed by atoms with Gasteiger partial charge in [0.1, 0.15) is 23.8 Å². The number of fused-ring (bicyclic) bond motifs is 1. The highest BCUT2D eigenvalue weighted by molar-refractivity contribution is 5.88. The lowest BCUT2D eigenvalue weighted by molar-refractivity contribution is 0.309. The lowest BCUT2D eigenvalue weighted by Gasteiger charge is -2.14. The number of benzene rings is 3. The molecule has 1 aromatic heterocycles. The number of ether oxygens (including phenoxy) is 1. The zero-order valence-electron chi connectivity index (χ0n) is 16.4. The SMILES string of the molecule is Cc1cc(OCc2ccc(F)cc2)c2c(C)c(Cc3ccccc3)c(=O)oc2c1. The molecule has 0 N–H and O–H groups in total. The summed E-state index contributed by atoms with van der Waals surface area (Å²) >= 11 is 0. The minimum Gasteiger partial charge on any atom is -0.488 e. The zero-order valence-corrected chi connectivity index (χ0v) is 16.4. The fourth-order valence-corrected chi connectivity index (χ4v) is 3.50. The molecule has 0 saturated carbocycles. The van der Waals surface area contributed by atoms with Gasteiger partial charge in [-0.2, -0.15) is 0 Å². The van der Waals surface area contributed by atoms with E-state index in [4.69, 9.17) is 9.15 Å². The van der Waals surface area contributed by atoms with Gasteiger partial charge in [-0.05, 0) is 60.4 Å². The van der Waals surface area contributed by atoms with Crippen molar-refractivity contribution in [2.24, 2.45) is 0 Å². The smallest absolute Gasteiger partial charge is 0.340 e. The van der Waals surface area contributed by atoms with Gasteiger partial charge in [0.2, 0.25) is 0 Å². The highest BCUT2D eigenvalue weighted by atomic mass is 19.1. The van der Waals surface area contributed by atoms with Crippen LogP contribution in [0.2, 0.25) is 0 Å². The zero-order chi connectivity index (χ0) is 20.4. The highest BCUT2D eigenvalue weighted by Crippen LogP contribution is 2.32. The van der Waals surface area contributed by atoms with E-state index in [9.17, 15) is 9.18 Å². The largest absolute Gasteiger partial charge is 0.488 e. The number of hydrogen-bond acceptors (Lipinski definition) is 3. The summed E-state index contributed by atoms with van der Waals surface area (Å²) in [5.41, 5.74) is 4.51. The molecule has 0 unspecified atom stereocenters. The van der Waals surface area contributed by atoms with Gasteiger partial charge in [-0.1, -0.05) is 42.5 Å². The Hall–Kier alpha value is -3.40. The first-order valence-corrected chi connectivity index (χ1v) is 9.49. The van der Waals surface area contributed by atoms with E-state index in [1.807, 2.05) is 56.3 Å². The molecule has 0 aliphatic heterocycles. The monoisotopic (exact) mass is 388 g/mol. The van der Waals surface area contributed by atoms with E-state index in [-0.39, 0.29) is 11.4 Å². The van der Waals surface area contributed by atoms with Crippen molar-refractivity contribution in [2.75, 3.05) is 0 Å². The fraction of sp³-hybridized carbons (Fsp3) is 0.160. The molecule has 0 saturated heterocycles. The molecule has 4 heteroatoms. The van der Waals surface area contributed by atoms with E-state index in [0.29, 0.717) is 29.9 Å². The summed E-state index contributed by atoms with van der Waals surface area (Å²) in [6.45, 7) is 4.15. The summed E-state index contributed by atoms with van der Waals surface area (Å²) in [5.74, 6) is 0.373. The Morgan fingerprint density at radius 1 is 0.931 bits per heavy atom. The second-order valence-electron chi connectivity index (χ2n) is 7.21. The predicted molar refractivity (Wildman–Crippen MR) is 112 cm³/mol. The van der Waals surface area contributed by atoms with Crippen LogP contribution in [0.15, 0.2) is 75.9 Å². The Kier molecular flexibility index (Phi) is 5.17. The molecule has 0 bridgehead atoms. The van der Waals surface area contributed by atoms with Crippen LogP contribution in [-0.2, 0) is 13.0 Å². The predicted octanol–water partition coefficient (Wildman–Crippen LogP) is 5.72. The van der Waals surface area contributed by atoms with Gasteiger partial charge in [-0.15, -0.1) is 0 Å². The summed E-state index contributed by atoms with van der Waals surface area (Å²) in [5, 5.41) is 0.795. The van der Waals surface area contributed by atoms with E-state index >= 15 is 0 Å². The Labute approximate surface area is 168 Å². The van der Waals surface area contributed by atoms with Crippen molar-refractivity contribution < 1.29 is 13.5 Å². The first-order valence-electron chi connectivity index (χ1n) is 9.49. The molecular formula is C25H21FO3. The lowest BCUT2D eigenvalue weighted by Crippen LogP contribution is -2.11. The maximum absolute atomic E-state index is 13.1. The first kappa shape index (κ1) is 18.9. The minimum absolute atomic E-state index is 0.280. The van der Waals surface area contributed by atoms with Crippen LogP contribution in [0.3, 0.4) is 0 Å². The maximum atomic E-state index is 13.1. The molecule has 29 heavy (non-hydrogen) atoms. The molecule has 0 spiro atoms. The fourth-order valence-electron chi connectivity index (χ4n) is 3.50. The van der Waals surface area contributed by atoms with Crippen molar-refractivity contribution in [3.63, 3.8) is 0 Å². The standard InChI is InChI=1S/C25H21FO3/c1-16-12-22(28-15-19-8-10-20(26)11-9-19)24-17(2)21(25(27)29-23(24)13-16)14-18-6-4-3-5-7-18/h3-13H,14-15H2,1-2H3. The van der Waals surface area contributed by atoms with Gasteiger partial charge in [0.15, 0.2) is 0 Å². The average molecular weight is 388 g/mol. The Bertz CT molecular complexity index is 1210. The van der Waals surface area contributed by atoms with Crippen molar-refractivity contribution in [3.05, 3.63) is 111 Å². The molecule has 4 aromatic rings.